The Morgan fingerprint density at radius 1 is 0.960 bits per heavy atom. The van der Waals surface area contributed by atoms with E-state index < -0.39 is 0 Å². The molecule has 25 heavy (non-hydrogen) atoms. The molecule has 5 nitrogen and oxygen atoms in total. The van der Waals surface area contributed by atoms with Crippen molar-refractivity contribution in [3.05, 3.63) is 59.3 Å². The fraction of sp³-hybridized carbons (Fsp3) is 0.200. The highest BCUT2D eigenvalue weighted by atomic mass is 16.5. The van der Waals surface area contributed by atoms with Crippen LogP contribution in [-0.4, -0.2) is 25.4 Å². The molecule has 1 N–H and O–H groups in total. The summed E-state index contributed by atoms with van der Waals surface area (Å²) >= 11 is 0. The number of hydrazone groups is 1. The lowest BCUT2D eigenvalue weighted by Gasteiger charge is -2.09. The van der Waals surface area contributed by atoms with Gasteiger partial charge in [0, 0.05) is 11.1 Å². The number of nitrogens with one attached hydrogen (secondary N) is 1. The van der Waals surface area contributed by atoms with Crippen molar-refractivity contribution in [2.24, 2.45) is 5.10 Å². The molecule has 1 heterocycles. The van der Waals surface area contributed by atoms with Gasteiger partial charge in [0.05, 0.1) is 31.6 Å². The Bertz CT molecular complexity index is 936. The minimum absolute atomic E-state index is 0.673. The molecule has 3 aromatic rings. The first-order valence-corrected chi connectivity index (χ1v) is 8.00. The predicted octanol–water partition coefficient (Wildman–Crippen LogP) is 4.31. The zero-order valence-corrected chi connectivity index (χ0v) is 14.8. The Hall–Kier alpha value is -3.08. The topological polar surface area (TPSA) is 55.7 Å². The molecule has 0 spiro atoms. The average molecular weight is 335 g/mol. The van der Waals surface area contributed by atoms with Gasteiger partial charge < -0.3 is 9.47 Å². The van der Waals surface area contributed by atoms with Crippen LogP contribution in [0.15, 0.2) is 47.6 Å². The van der Waals surface area contributed by atoms with Crippen LogP contribution in [0.1, 0.15) is 16.8 Å². The fourth-order valence-corrected chi connectivity index (χ4v) is 2.67. The largest absolute Gasteiger partial charge is 0.493 e. The molecule has 1 aromatic heterocycles. The normalized spacial score (nSPS) is 11.0. The molecule has 0 radical (unpaired) electrons. The lowest BCUT2D eigenvalue weighted by molar-refractivity contribution is 0.355. The van der Waals surface area contributed by atoms with Crippen LogP contribution in [0.25, 0.3) is 10.9 Å². The van der Waals surface area contributed by atoms with Gasteiger partial charge in [-0.2, -0.15) is 5.10 Å². The summed E-state index contributed by atoms with van der Waals surface area (Å²) in [6, 6.07) is 13.8. The van der Waals surface area contributed by atoms with E-state index in [1.807, 2.05) is 37.3 Å². The van der Waals surface area contributed by atoms with Crippen molar-refractivity contribution in [1.82, 2.24) is 4.98 Å². The van der Waals surface area contributed by atoms with Gasteiger partial charge in [-0.3, -0.25) is 10.4 Å². The molecule has 0 unspecified atom stereocenters. The van der Waals surface area contributed by atoms with E-state index >= 15 is 0 Å². The van der Waals surface area contributed by atoms with E-state index in [2.05, 4.69) is 34.6 Å². The minimum Gasteiger partial charge on any atom is -0.493 e. The Labute approximate surface area is 147 Å². The van der Waals surface area contributed by atoms with Crippen LogP contribution in [0.4, 0.5) is 5.69 Å². The standard InChI is InChI=1S/C20H21N3O2/c1-13-5-7-17-16(9-13)18(10-14(2)22-17)23-21-12-15-6-8-19(24-3)20(11-15)25-4/h5-12H,1-4H3,(H,22,23)/b21-12-. The van der Waals surface area contributed by atoms with Crippen LogP contribution in [-0.2, 0) is 0 Å². The van der Waals surface area contributed by atoms with Gasteiger partial charge >= 0.3 is 0 Å². The summed E-state index contributed by atoms with van der Waals surface area (Å²) in [4.78, 5) is 4.56. The Morgan fingerprint density at radius 3 is 2.52 bits per heavy atom. The highest BCUT2D eigenvalue weighted by Crippen LogP contribution is 2.27. The zero-order valence-electron chi connectivity index (χ0n) is 14.8. The van der Waals surface area contributed by atoms with Crippen molar-refractivity contribution >= 4 is 22.8 Å². The maximum Gasteiger partial charge on any atom is 0.161 e. The number of fused-ring (bicyclic) bond motifs is 1. The third kappa shape index (κ3) is 3.71. The number of hydrogen-bond donors (Lipinski definition) is 1. The number of hydrogen-bond acceptors (Lipinski definition) is 5. The second-order valence-electron chi connectivity index (χ2n) is 5.82. The van der Waals surface area contributed by atoms with E-state index in [1.165, 1.54) is 5.56 Å². The van der Waals surface area contributed by atoms with Gasteiger partial charge in [-0.15, -0.1) is 0 Å². The molecule has 0 saturated carbocycles. The van der Waals surface area contributed by atoms with E-state index in [1.54, 1.807) is 20.4 Å². The quantitative estimate of drug-likeness (QED) is 0.557. The molecule has 5 heteroatoms. The summed E-state index contributed by atoms with van der Waals surface area (Å²) in [5, 5.41) is 5.42. The maximum atomic E-state index is 5.31. The van der Waals surface area contributed by atoms with Crippen LogP contribution in [0.2, 0.25) is 0 Å². The van der Waals surface area contributed by atoms with Gasteiger partial charge in [0.15, 0.2) is 11.5 Å². The van der Waals surface area contributed by atoms with Crippen LogP contribution < -0.4 is 14.9 Å². The van der Waals surface area contributed by atoms with Crippen molar-refractivity contribution in [3.8, 4) is 11.5 Å². The summed E-state index contributed by atoms with van der Waals surface area (Å²) in [5.74, 6) is 1.37. The number of benzene rings is 2. The predicted molar refractivity (Wildman–Crippen MR) is 102 cm³/mol. The van der Waals surface area contributed by atoms with Gasteiger partial charge in [0.1, 0.15) is 0 Å². The van der Waals surface area contributed by atoms with Gasteiger partial charge in [0.25, 0.3) is 0 Å². The van der Waals surface area contributed by atoms with E-state index in [9.17, 15) is 0 Å². The van der Waals surface area contributed by atoms with Crippen LogP contribution in [0.3, 0.4) is 0 Å². The van der Waals surface area contributed by atoms with E-state index in [0.29, 0.717) is 11.5 Å². The number of aryl methyl sites for hydroxylation is 2. The fourth-order valence-electron chi connectivity index (χ4n) is 2.67. The van der Waals surface area contributed by atoms with Crippen molar-refractivity contribution in [2.75, 3.05) is 19.6 Å². The summed E-state index contributed by atoms with van der Waals surface area (Å²) in [6.45, 7) is 4.04. The van der Waals surface area contributed by atoms with E-state index in [-0.39, 0.29) is 0 Å². The molecular weight excluding hydrogens is 314 g/mol. The zero-order chi connectivity index (χ0) is 17.8. The molecule has 0 fully saturated rings. The second kappa shape index (κ2) is 7.21. The molecule has 0 aliphatic heterocycles. The summed E-state index contributed by atoms with van der Waals surface area (Å²) in [6.07, 6.45) is 1.75. The second-order valence-corrected chi connectivity index (χ2v) is 5.82. The van der Waals surface area contributed by atoms with E-state index in [0.717, 1.165) is 27.8 Å². The first-order valence-electron chi connectivity index (χ1n) is 8.00. The smallest absolute Gasteiger partial charge is 0.161 e. The Balaban J connectivity index is 1.87. The van der Waals surface area contributed by atoms with Gasteiger partial charge in [-0.05, 0) is 55.8 Å². The summed E-state index contributed by atoms with van der Waals surface area (Å²) < 4.78 is 10.6. The average Bonchev–Trinajstić information content (AvgIpc) is 2.62. The van der Waals surface area contributed by atoms with Crippen molar-refractivity contribution in [2.45, 2.75) is 13.8 Å². The van der Waals surface area contributed by atoms with Crippen LogP contribution >= 0.6 is 0 Å². The van der Waals surface area contributed by atoms with Gasteiger partial charge in [-0.1, -0.05) is 11.6 Å². The number of aromatic nitrogens is 1. The van der Waals surface area contributed by atoms with Gasteiger partial charge in [-0.25, -0.2) is 0 Å². The van der Waals surface area contributed by atoms with Crippen LogP contribution in [0, 0.1) is 13.8 Å². The molecule has 2 aromatic carbocycles. The van der Waals surface area contributed by atoms with Crippen molar-refractivity contribution in [3.63, 3.8) is 0 Å². The Morgan fingerprint density at radius 2 is 1.76 bits per heavy atom. The molecule has 0 atom stereocenters. The minimum atomic E-state index is 0.673. The number of methoxy groups -OCH3 is 2. The number of anilines is 1. The molecular formula is C20H21N3O2. The summed E-state index contributed by atoms with van der Waals surface area (Å²) in [7, 11) is 3.23. The molecule has 0 aliphatic rings. The number of pyridine rings is 1. The van der Waals surface area contributed by atoms with Crippen molar-refractivity contribution in [1.29, 1.82) is 0 Å². The van der Waals surface area contributed by atoms with Gasteiger partial charge in [0.2, 0.25) is 0 Å². The molecule has 0 aliphatic carbocycles. The van der Waals surface area contributed by atoms with Crippen LogP contribution in [0.5, 0.6) is 11.5 Å². The van der Waals surface area contributed by atoms with Crippen molar-refractivity contribution < 1.29 is 9.47 Å². The number of rotatable bonds is 5. The molecule has 0 amide bonds. The Kier molecular flexibility index (Phi) is 4.84. The molecule has 3 rings (SSSR count). The monoisotopic (exact) mass is 335 g/mol. The molecule has 0 saturated heterocycles. The first kappa shape index (κ1) is 16.8. The third-order valence-corrected chi connectivity index (χ3v) is 3.90. The SMILES string of the molecule is COc1ccc(/C=N\Nc2cc(C)nc3ccc(C)cc23)cc1OC. The third-order valence-electron chi connectivity index (χ3n) is 3.90. The lowest BCUT2D eigenvalue weighted by Crippen LogP contribution is -1.96. The lowest BCUT2D eigenvalue weighted by atomic mass is 10.1. The maximum absolute atomic E-state index is 5.31. The summed E-state index contributed by atoms with van der Waals surface area (Å²) in [5.41, 5.74) is 8.06. The van der Waals surface area contributed by atoms with E-state index in [4.69, 9.17) is 9.47 Å². The molecule has 0 bridgehead atoms. The number of ether oxygens (including phenoxy) is 2. The first-order chi connectivity index (χ1) is 12.1. The highest BCUT2D eigenvalue weighted by Gasteiger charge is 2.05. The highest BCUT2D eigenvalue weighted by molar-refractivity contribution is 5.92. The molecule has 128 valence electrons. The number of nitrogens with zero attached hydrogens (tertiary/aromatic N) is 2.